The van der Waals surface area contributed by atoms with E-state index in [4.69, 9.17) is 9.90 Å². The van der Waals surface area contributed by atoms with Crippen LogP contribution in [0.2, 0.25) is 0 Å². The van der Waals surface area contributed by atoms with Crippen molar-refractivity contribution in [3.05, 3.63) is 42.0 Å². The van der Waals surface area contributed by atoms with Gasteiger partial charge in [0.1, 0.15) is 11.3 Å². The topological polar surface area (TPSA) is 121 Å². The van der Waals surface area contributed by atoms with Crippen LogP contribution in [0, 0.1) is 5.92 Å². The van der Waals surface area contributed by atoms with Crippen molar-refractivity contribution in [1.82, 2.24) is 24.9 Å². The van der Waals surface area contributed by atoms with Crippen molar-refractivity contribution >= 4 is 11.9 Å². The second kappa shape index (κ2) is 9.86. The highest BCUT2D eigenvalue weighted by Gasteiger charge is 2.38. The summed E-state index contributed by atoms with van der Waals surface area (Å²) >= 11 is 0. The van der Waals surface area contributed by atoms with E-state index in [0.29, 0.717) is 30.3 Å². The number of amides is 1. The van der Waals surface area contributed by atoms with Crippen LogP contribution in [0.3, 0.4) is 0 Å². The molecule has 0 saturated carbocycles. The molecule has 9 nitrogen and oxygen atoms in total. The van der Waals surface area contributed by atoms with Gasteiger partial charge in [-0.05, 0) is 44.7 Å². The lowest BCUT2D eigenvalue weighted by Gasteiger charge is -2.32. The molecule has 2 N–H and O–H groups in total. The largest absolute Gasteiger partial charge is 0.490 e. The van der Waals surface area contributed by atoms with Gasteiger partial charge in [0.25, 0.3) is 5.91 Å². The molecule has 1 aliphatic rings. The highest BCUT2D eigenvalue weighted by Crippen LogP contribution is 2.21. The van der Waals surface area contributed by atoms with E-state index in [-0.39, 0.29) is 5.91 Å². The minimum absolute atomic E-state index is 0.0536. The van der Waals surface area contributed by atoms with Gasteiger partial charge < -0.3 is 15.1 Å². The van der Waals surface area contributed by atoms with Crippen molar-refractivity contribution in [2.45, 2.75) is 45.0 Å². The van der Waals surface area contributed by atoms with E-state index < -0.39 is 17.7 Å². The molecule has 0 aromatic carbocycles. The molecule has 0 spiro atoms. The van der Waals surface area contributed by atoms with Crippen LogP contribution in [-0.2, 0) is 16.9 Å². The zero-order valence-electron chi connectivity index (χ0n) is 17.1. The number of nitrogens with zero attached hydrogens (tertiary/aromatic N) is 5. The number of carboxylic acid groups (broad SMARTS) is 1. The number of aliphatic carboxylic acids is 1. The number of likely N-dealkylation sites (tertiary alicyclic amines) is 1. The summed E-state index contributed by atoms with van der Waals surface area (Å²) in [5.41, 5.74) is 0.243. The Kier molecular flexibility index (Phi) is 7.71. The standard InChI is InChI=1S/C17H23N5O2.C2HF3O2/c1-17(2,24)15-12-22(20-19-15)11-13-4-3-9-21(10-13)16(23)14-5-7-18-8-6-14;3-2(4,5)1(6)7/h5-8,12-13,24H,3-4,9-11H2,1-2H3;(H,6,7). The second-order valence-corrected chi connectivity index (χ2v) is 7.68. The van der Waals surface area contributed by atoms with Crippen LogP contribution in [0.4, 0.5) is 13.2 Å². The molecular weight excluding hydrogens is 419 g/mol. The first kappa shape index (κ1) is 24.3. The Morgan fingerprint density at radius 2 is 1.84 bits per heavy atom. The third-order valence-corrected chi connectivity index (χ3v) is 4.59. The fraction of sp³-hybridized carbons (Fsp3) is 0.526. The van der Waals surface area contributed by atoms with Gasteiger partial charge >= 0.3 is 12.1 Å². The normalized spacial score (nSPS) is 17.0. The first-order valence-electron chi connectivity index (χ1n) is 9.50. The van der Waals surface area contributed by atoms with Gasteiger partial charge in [-0.1, -0.05) is 5.21 Å². The van der Waals surface area contributed by atoms with Gasteiger partial charge in [-0.3, -0.25) is 14.5 Å². The number of aromatic nitrogens is 4. The van der Waals surface area contributed by atoms with Crippen molar-refractivity contribution in [3.8, 4) is 0 Å². The van der Waals surface area contributed by atoms with Gasteiger partial charge in [-0.15, -0.1) is 5.10 Å². The van der Waals surface area contributed by atoms with Crippen molar-refractivity contribution in [3.63, 3.8) is 0 Å². The quantitative estimate of drug-likeness (QED) is 0.742. The summed E-state index contributed by atoms with van der Waals surface area (Å²) in [5.74, 6) is -2.37. The number of carbonyl (C=O) groups is 2. The Balaban J connectivity index is 0.000000423. The van der Waals surface area contributed by atoms with Crippen molar-refractivity contribution in [2.75, 3.05) is 13.1 Å². The average Bonchev–Trinajstić information content (AvgIpc) is 3.17. The van der Waals surface area contributed by atoms with E-state index in [2.05, 4.69) is 15.3 Å². The lowest BCUT2D eigenvalue weighted by Crippen LogP contribution is -2.41. The Morgan fingerprint density at radius 1 is 1.23 bits per heavy atom. The number of rotatable bonds is 4. The number of pyridine rings is 1. The van der Waals surface area contributed by atoms with Crippen LogP contribution < -0.4 is 0 Å². The predicted molar refractivity (Wildman–Crippen MR) is 102 cm³/mol. The number of hydrogen-bond donors (Lipinski definition) is 2. The van der Waals surface area contributed by atoms with E-state index in [1.165, 1.54) is 0 Å². The molecule has 1 fully saturated rings. The molecule has 31 heavy (non-hydrogen) atoms. The molecule has 0 bridgehead atoms. The summed E-state index contributed by atoms with van der Waals surface area (Å²) in [6.07, 6.45) is 2.01. The first-order valence-corrected chi connectivity index (χ1v) is 9.50. The van der Waals surface area contributed by atoms with Gasteiger partial charge in [0.05, 0.1) is 6.20 Å². The maximum Gasteiger partial charge on any atom is 0.490 e. The first-order chi connectivity index (χ1) is 14.4. The maximum atomic E-state index is 12.6. The predicted octanol–water partition coefficient (Wildman–Crippen LogP) is 2.09. The van der Waals surface area contributed by atoms with Crippen molar-refractivity contribution < 1.29 is 33.0 Å². The van der Waals surface area contributed by atoms with E-state index in [1.807, 2.05) is 4.90 Å². The van der Waals surface area contributed by atoms with Gasteiger partial charge in [-0.25, -0.2) is 4.79 Å². The molecule has 170 valence electrons. The Morgan fingerprint density at radius 3 is 2.35 bits per heavy atom. The third kappa shape index (κ3) is 7.31. The van der Waals surface area contributed by atoms with Crippen molar-refractivity contribution in [1.29, 1.82) is 0 Å². The van der Waals surface area contributed by atoms with E-state index >= 15 is 0 Å². The van der Waals surface area contributed by atoms with Crippen LogP contribution in [0.5, 0.6) is 0 Å². The summed E-state index contributed by atoms with van der Waals surface area (Å²) in [6, 6.07) is 3.50. The van der Waals surface area contributed by atoms with Crippen LogP contribution >= 0.6 is 0 Å². The fourth-order valence-electron chi connectivity index (χ4n) is 3.01. The molecule has 1 amide bonds. The summed E-state index contributed by atoms with van der Waals surface area (Å²) in [7, 11) is 0. The highest BCUT2D eigenvalue weighted by atomic mass is 19.4. The zero-order chi connectivity index (χ0) is 23.2. The van der Waals surface area contributed by atoms with Gasteiger partial charge in [0, 0.05) is 37.6 Å². The van der Waals surface area contributed by atoms with Gasteiger partial charge in [0.15, 0.2) is 0 Å². The molecule has 3 heterocycles. The molecule has 2 aromatic rings. The Labute approximate surface area is 176 Å². The Hall–Kier alpha value is -3.02. The number of aliphatic hydroxyl groups is 1. The Bertz CT molecular complexity index is 881. The van der Waals surface area contributed by atoms with E-state index in [9.17, 15) is 23.1 Å². The summed E-state index contributed by atoms with van der Waals surface area (Å²) in [6.45, 7) is 5.57. The fourth-order valence-corrected chi connectivity index (χ4v) is 3.01. The van der Waals surface area contributed by atoms with Crippen molar-refractivity contribution in [2.24, 2.45) is 5.92 Å². The number of alkyl halides is 3. The van der Waals surface area contributed by atoms with Crippen LogP contribution in [-0.4, -0.2) is 66.2 Å². The molecule has 3 rings (SSSR count). The minimum atomic E-state index is -5.08. The SMILES string of the molecule is CC(C)(O)c1cn(CC2CCCN(C(=O)c3ccncc3)C2)nn1.O=C(O)C(F)(F)F. The van der Waals surface area contributed by atoms with Gasteiger partial charge in [-0.2, -0.15) is 13.2 Å². The van der Waals surface area contributed by atoms with Crippen LogP contribution in [0.15, 0.2) is 30.7 Å². The lowest BCUT2D eigenvalue weighted by molar-refractivity contribution is -0.192. The van der Waals surface area contributed by atoms with Crippen LogP contribution in [0.1, 0.15) is 42.7 Å². The van der Waals surface area contributed by atoms with Crippen LogP contribution in [0.25, 0.3) is 0 Å². The minimum Gasteiger partial charge on any atom is -0.475 e. The van der Waals surface area contributed by atoms with Gasteiger partial charge in [0.2, 0.25) is 0 Å². The summed E-state index contributed by atoms with van der Waals surface area (Å²) in [4.78, 5) is 27.3. The number of hydrogen-bond acceptors (Lipinski definition) is 6. The molecule has 1 unspecified atom stereocenters. The second-order valence-electron chi connectivity index (χ2n) is 7.68. The van der Waals surface area contributed by atoms with E-state index in [0.717, 1.165) is 19.4 Å². The number of carboxylic acids is 1. The smallest absolute Gasteiger partial charge is 0.475 e. The molecule has 1 saturated heterocycles. The molecule has 2 aromatic heterocycles. The zero-order valence-corrected chi connectivity index (χ0v) is 17.1. The van der Waals surface area contributed by atoms with E-state index in [1.54, 1.807) is 49.3 Å². The average molecular weight is 443 g/mol. The summed E-state index contributed by atoms with van der Waals surface area (Å²) < 4.78 is 33.5. The summed E-state index contributed by atoms with van der Waals surface area (Å²) in [5, 5.41) is 25.2. The third-order valence-electron chi connectivity index (χ3n) is 4.59. The molecule has 0 aliphatic carbocycles. The molecule has 12 heteroatoms. The number of piperidine rings is 1. The maximum absolute atomic E-state index is 12.6. The molecule has 1 atom stereocenters. The molecule has 0 radical (unpaired) electrons. The number of carbonyl (C=O) groups excluding carboxylic acids is 1. The lowest BCUT2D eigenvalue weighted by atomic mass is 9.97. The number of halogens is 3. The monoisotopic (exact) mass is 443 g/mol. The highest BCUT2D eigenvalue weighted by molar-refractivity contribution is 5.94. The molecular formula is C19H24F3N5O4. The molecule has 1 aliphatic heterocycles.